The first-order valence-corrected chi connectivity index (χ1v) is 5.04. The second kappa shape index (κ2) is 4.89. The van der Waals surface area contributed by atoms with E-state index in [2.05, 4.69) is 10.3 Å². The zero-order valence-electron chi connectivity index (χ0n) is 9.16. The number of nitrogens with two attached hydrogens (primary N) is 1. The summed E-state index contributed by atoms with van der Waals surface area (Å²) in [4.78, 5) is 15.8. The highest BCUT2D eigenvalue weighted by Gasteiger charge is 2.29. The van der Waals surface area contributed by atoms with Gasteiger partial charge in [-0.1, -0.05) is 6.92 Å². The van der Waals surface area contributed by atoms with E-state index < -0.39 is 5.41 Å². The number of aromatic nitrogens is 1. The monoisotopic (exact) mass is 207 g/mol. The molecule has 0 bridgehead atoms. The van der Waals surface area contributed by atoms with Crippen molar-refractivity contribution in [2.24, 2.45) is 11.1 Å². The molecule has 0 aliphatic carbocycles. The zero-order valence-corrected chi connectivity index (χ0v) is 9.16. The number of nitrogens with zero attached hydrogens (tertiary/aromatic N) is 1. The van der Waals surface area contributed by atoms with Gasteiger partial charge in [-0.3, -0.25) is 9.78 Å². The van der Waals surface area contributed by atoms with Gasteiger partial charge in [-0.05, 0) is 25.5 Å². The molecule has 0 aliphatic heterocycles. The maximum atomic E-state index is 11.9. The largest absolute Gasteiger partial charge is 0.329 e. The number of carbonyl (C=O) groups excluding carboxylic acids is 1. The van der Waals surface area contributed by atoms with Gasteiger partial charge in [-0.2, -0.15) is 0 Å². The Kier molecular flexibility index (Phi) is 3.80. The summed E-state index contributed by atoms with van der Waals surface area (Å²) in [6, 6.07) is 3.51. The minimum absolute atomic E-state index is 0.0429. The van der Waals surface area contributed by atoms with E-state index in [1.165, 1.54) is 0 Å². The molecule has 1 atom stereocenters. The van der Waals surface area contributed by atoms with Crippen molar-refractivity contribution in [3.63, 3.8) is 0 Å². The van der Waals surface area contributed by atoms with Crippen molar-refractivity contribution in [1.82, 2.24) is 4.98 Å². The molecule has 1 unspecified atom stereocenters. The third kappa shape index (κ3) is 2.76. The van der Waals surface area contributed by atoms with Gasteiger partial charge in [0.05, 0.1) is 5.41 Å². The number of anilines is 1. The van der Waals surface area contributed by atoms with Gasteiger partial charge < -0.3 is 11.1 Å². The van der Waals surface area contributed by atoms with Gasteiger partial charge in [0.1, 0.15) is 0 Å². The average molecular weight is 207 g/mol. The van der Waals surface area contributed by atoms with Crippen LogP contribution in [0.1, 0.15) is 20.3 Å². The standard InChI is InChI=1S/C11H17N3O/c1-3-11(2,8-12)10(15)14-9-4-6-13-7-5-9/h4-7H,3,8,12H2,1-2H3,(H,13,14,15). The molecule has 0 saturated heterocycles. The van der Waals surface area contributed by atoms with Crippen LogP contribution in [0.15, 0.2) is 24.5 Å². The lowest BCUT2D eigenvalue weighted by atomic mass is 9.86. The summed E-state index contributed by atoms with van der Waals surface area (Å²) in [6.45, 7) is 4.17. The zero-order chi connectivity index (χ0) is 11.3. The molecule has 0 radical (unpaired) electrons. The Morgan fingerprint density at radius 2 is 2.13 bits per heavy atom. The van der Waals surface area contributed by atoms with Crippen molar-refractivity contribution in [1.29, 1.82) is 0 Å². The highest BCUT2D eigenvalue weighted by molar-refractivity contribution is 5.95. The molecule has 0 saturated carbocycles. The van der Waals surface area contributed by atoms with E-state index >= 15 is 0 Å². The number of pyridine rings is 1. The number of hydrogen-bond donors (Lipinski definition) is 2. The fourth-order valence-corrected chi connectivity index (χ4v) is 1.11. The van der Waals surface area contributed by atoms with E-state index in [-0.39, 0.29) is 5.91 Å². The maximum Gasteiger partial charge on any atom is 0.231 e. The van der Waals surface area contributed by atoms with Crippen LogP contribution in [-0.4, -0.2) is 17.4 Å². The first kappa shape index (κ1) is 11.7. The third-order valence-corrected chi connectivity index (χ3v) is 2.72. The topological polar surface area (TPSA) is 68.0 Å². The first-order chi connectivity index (χ1) is 7.12. The molecular weight excluding hydrogens is 190 g/mol. The van der Waals surface area contributed by atoms with Gasteiger partial charge in [0.2, 0.25) is 5.91 Å². The molecule has 0 spiro atoms. The Morgan fingerprint density at radius 3 is 2.60 bits per heavy atom. The molecule has 0 fully saturated rings. The smallest absolute Gasteiger partial charge is 0.231 e. The van der Waals surface area contributed by atoms with Gasteiger partial charge >= 0.3 is 0 Å². The minimum Gasteiger partial charge on any atom is -0.329 e. The van der Waals surface area contributed by atoms with Gasteiger partial charge in [-0.15, -0.1) is 0 Å². The predicted octanol–water partition coefficient (Wildman–Crippen LogP) is 1.40. The summed E-state index contributed by atoms with van der Waals surface area (Å²) >= 11 is 0. The lowest BCUT2D eigenvalue weighted by molar-refractivity contribution is -0.124. The van der Waals surface area contributed by atoms with Crippen LogP contribution in [0.5, 0.6) is 0 Å². The molecule has 15 heavy (non-hydrogen) atoms. The number of carbonyl (C=O) groups is 1. The Labute approximate surface area is 89.9 Å². The van der Waals surface area contributed by atoms with Gasteiger partial charge in [0.15, 0.2) is 0 Å². The van der Waals surface area contributed by atoms with Crippen LogP contribution >= 0.6 is 0 Å². The van der Waals surface area contributed by atoms with Gasteiger partial charge in [0, 0.05) is 24.6 Å². The molecule has 1 amide bonds. The molecule has 4 heteroatoms. The molecule has 1 aromatic rings. The molecular formula is C11H17N3O. The number of rotatable bonds is 4. The van der Waals surface area contributed by atoms with Crippen molar-refractivity contribution >= 4 is 11.6 Å². The Morgan fingerprint density at radius 1 is 1.53 bits per heavy atom. The van der Waals surface area contributed by atoms with Gasteiger partial charge in [0.25, 0.3) is 0 Å². The summed E-state index contributed by atoms with van der Waals surface area (Å²) in [5, 5.41) is 2.83. The third-order valence-electron chi connectivity index (χ3n) is 2.72. The summed E-state index contributed by atoms with van der Waals surface area (Å²) < 4.78 is 0. The summed E-state index contributed by atoms with van der Waals surface area (Å²) in [5.74, 6) is -0.0429. The SMILES string of the molecule is CCC(C)(CN)C(=O)Nc1ccncc1. The van der Waals surface area contributed by atoms with Crippen molar-refractivity contribution in [2.75, 3.05) is 11.9 Å². The minimum atomic E-state index is -0.497. The van der Waals surface area contributed by atoms with Crippen LogP contribution in [0.4, 0.5) is 5.69 Å². The molecule has 1 rings (SSSR count). The predicted molar refractivity (Wildman–Crippen MR) is 60.3 cm³/mol. The Hall–Kier alpha value is -1.42. The molecule has 1 aromatic heterocycles. The van der Waals surface area contributed by atoms with Crippen LogP contribution in [-0.2, 0) is 4.79 Å². The lowest BCUT2D eigenvalue weighted by Gasteiger charge is -2.24. The van der Waals surface area contributed by atoms with E-state index in [1.807, 2.05) is 13.8 Å². The molecule has 82 valence electrons. The van der Waals surface area contributed by atoms with Crippen molar-refractivity contribution in [3.05, 3.63) is 24.5 Å². The van der Waals surface area contributed by atoms with Crippen LogP contribution < -0.4 is 11.1 Å². The summed E-state index contributed by atoms with van der Waals surface area (Å²) in [6.07, 6.45) is 4.00. The fraction of sp³-hybridized carbons (Fsp3) is 0.455. The maximum absolute atomic E-state index is 11.9. The van der Waals surface area contributed by atoms with Gasteiger partial charge in [-0.25, -0.2) is 0 Å². The van der Waals surface area contributed by atoms with Crippen molar-refractivity contribution < 1.29 is 4.79 Å². The van der Waals surface area contributed by atoms with E-state index in [0.717, 1.165) is 12.1 Å². The molecule has 0 aromatic carbocycles. The molecule has 1 heterocycles. The fourth-order valence-electron chi connectivity index (χ4n) is 1.11. The molecule has 4 nitrogen and oxygen atoms in total. The second-order valence-corrected chi connectivity index (χ2v) is 3.81. The second-order valence-electron chi connectivity index (χ2n) is 3.81. The van der Waals surface area contributed by atoms with E-state index in [1.54, 1.807) is 24.5 Å². The summed E-state index contributed by atoms with van der Waals surface area (Å²) in [5.41, 5.74) is 5.86. The van der Waals surface area contributed by atoms with E-state index in [9.17, 15) is 4.79 Å². The quantitative estimate of drug-likeness (QED) is 0.784. The molecule has 0 aliphatic rings. The Balaban J connectivity index is 2.71. The van der Waals surface area contributed by atoms with Crippen LogP contribution in [0.3, 0.4) is 0 Å². The van der Waals surface area contributed by atoms with Crippen LogP contribution in [0.25, 0.3) is 0 Å². The highest BCUT2D eigenvalue weighted by Crippen LogP contribution is 2.21. The van der Waals surface area contributed by atoms with Crippen molar-refractivity contribution in [2.45, 2.75) is 20.3 Å². The van der Waals surface area contributed by atoms with Crippen LogP contribution in [0, 0.1) is 5.41 Å². The van der Waals surface area contributed by atoms with Crippen LogP contribution in [0.2, 0.25) is 0 Å². The number of nitrogens with one attached hydrogen (secondary N) is 1. The Bertz CT molecular complexity index is 320. The van der Waals surface area contributed by atoms with E-state index in [4.69, 9.17) is 5.73 Å². The normalized spacial score (nSPS) is 14.3. The number of hydrogen-bond acceptors (Lipinski definition) is 3. The number of amides is 1. The first-order valence-electron chi connectivity index (χ1n) is 5.04. The molecule has 3 N–H and O–H groups in total. The highest BCUT2D eigenvalue weighted by atomic mass is 16.2. The van der Waals surface area contributed by atoms with Crippen molar-refractivity contribution in [3.8, 4) is 0 Å². The average Bonchev–Trinajstić information content (AvgIpc) is 2.29. The lowest BCUT2D eigenvalue weighted by Crippen LogP contribution is -2.39. The summed E-state index contributed by atoms with van der Waals surface area (Å²) in [7, 11) is 0. The van der Waals surface area contributed by atoms with E-state index in [0.29, 0.717) is 6.54 Å².